The van der Waals surface area contributed by atoms with Crippen molar-refractivity contribution in [1.29, 1.82) is 0 Å². The lowest BCUT2D eigenvalue weighted by atomic mass is 10.2. The highest BCUT2D eigenvalue weighted by Crippen LogP contribution is 2.23. The van der Waals surface area contributed by atoms with Crippen molar-refractivity contribution in [3.8, 4) is 0 Å². The van der Waals surface area contributed by atoms with Crippen LogP contribution in [0.3, 0.4) is 0 Å². The van der Waals surface area contributed by atoms with Crippen LogP contribution < -0.4 is 0 Å². The molecule has 0 atom stereocenters. The SMILES string of the molecule is CCc1cc(CN(C)C(=O)c2ccc3sc(C)nc3c2)on1. The fraction of sp³-hybridized carbons (Fsp3) is 0.312. The molecule has 0 saturated carbocycles. The van der Waals surface area contributed by atoms with Gasteiger partial charge >= 0.3 is 0 Å². The van der Waals surface area contributed by atoms with E-state index in [-0.39, 0.29) is 5.91 Å². The van der Waals surface area contributed by atoms with Gasteiger partial charge in [0.05, 0.1) is 27.5 Å². The first-order valence-electron chi connectivity index (χ1n) is 7.14. The summed E-state index contributed by atoms with van der Waals surface area (Å²) >= 11 is 1.63. The Morgan fingerprint density at radius 1 is 1.36 bits per heavy atom. The molecule has 5 nitrogen and oxygen atoms in total. The molecule has 0 bridgehead atoms. The molecule has 0 unspecified atom stereocenters. The van der Waals surface area contributed by atoms with Gasteiger partial charge < -0.3 is 9.42 Å². The molecule has 1 aromatic carbocycles. The summed E-state index contributed by atoms with van der Waals surface area (Å²) in [6.07, 6.45) is 0.820. The average molecular weight is 315 g/mol. The quantitative estimate of drug-likeness (QED) is 0.740. The molecule has 0 radical (unpaired) electrons. The number of aromatic nitrogens is 2. The summed E-state index contributed by atoms with van der Waals surface area (Å²) in [5.41, 5.74) is 2.40. The molecule has 0 aliphatic carbocycles. The highest BCUT2D eigenvalue weighted by Gasteiger charge is 2.15. The summed E-state index contributed by atoms with van der Waals surface area (Å²) in [5.74, 6) is 0.639. The second-order valence-corrected chi connectivity index (χ2v) is 6.45. The van der Waals surface area contributed by atoms with Crippen LogP contribution in [0.25, 0.3) is 10.2 Å². The van der Waals surface area contributed by atoms with E-state index in [0.717, 1.165) is 27.3 Å². The number of thiazole rings is 1. The van der Waals surface area contributed by atoms with Crippen molar-refractivity contribution in [2.75, 3.05) is 7.05 Å². The van der Waals surface area contributed by atoms with Crippen LogP contribution in [-0.2, 0) is 13.0 Å². The first-order valence-corrected chi connectivity index (χ1v) is 7.95. The molecule has 114 valence electrons. The van der Waals surface area contributed by atoms with Crippen LogP contribution in [0.4, 0.5) is 0 Å². The largest absolute Gasteiger partial charge is 0.359 e. The summed E-state index contributed by atoms with van der Waals surface area (Å²) in [6.45, 7) is 4.38. The van der Waals surface area contributed by atoms with Crippen LogP contribution in [0, 0.1) is 6.92 Å². The predicted octanol–water partition coefficient (Wildman–Crippen LogP) is 3.43. The average Bonchev–Trinajstić information content (AvgIpc) is 3.10. The topological polar surface area (TPSA) is 59.2 Å². The first-order chi connectivity index (χ1) is 10.6. The van der Waals surface area contributed by atoms with Gasteiger partial charge in [0, 0.05) is 18.7 Å². The Bertz CT molecular complexity index is 822. The van der Waals surface area contributed by atoms with Gasteiger partial charge in [-0.2, -0.15) is 0 Å². The molecule has 0 saturated heterocycles. The van der Waals surface area contributed by atoms with E-state index < -0.39 is 0 Å². The Labute approximate surface area is 132 Å². The molecular formula is C16H17N3O2S. The van der Waals surface area contributed by atoms with Crippen LogP contribution in [-0.4, -0.2) is 28.0 Å². The zero-order valence-corrected chi connectivity index (χ0v) is 13.6. The summed E-state index contributed by atoms with van der Waals surface area (Å²) in [7, 11) is 1.76. The maximum absolute atomic E-state index is 12.5. The van der Waals surface area contributed by atoms with Crippen molar-refractivity contribution in [2.24, 2.45) is 0 Å². The van der Waals surface area contributed by atoms with Crippen molar-refractivity contribution in [3.05, 3.63) is 46.3 Å². The molecule has 0 aliphatic rings. The number of hydrogen-bond donors (Lipinski definition) is 0. The van der Waals surface area contributed by atoms with Crippen LogP contribution in [0.1, 0.15) is 33.7 Å². The number of carbonyl (C=O) groups excluding carboxylic acids is 1. The van der Waals surface area contributed by atoms with Gasteiger partial charge in [-0.25, -0.2) is 4.98 Å². The molecule has 3 aromatic rings. The van der Waals surface area contributed by atoms with Crippen molar-refractivity contribution >= 4 is 27.5 Å². The zero-order chi connectivity index (χ0) is 15.7. The number of hydrogen-bond acceptors (Lipinski definition) is 5. The van der Waals surface area contributed by atoms with Crippen molar-refractivity contribution in [2.45, 2.75) is 26.8 Å². The van der Waals surface area contributed by atoms with Crippen LogP contribution >= 0.6 is 11.3 Å². The molecule has 0 spiro atoms. The Hall–Kier alpha value is -2.21. The molecular weight excluding hydrogens is 298 g/mol. The standard InChI is InChI=1S/C16H17N3O2S/c1-4-12-8-13(21-18-12)9-19(3)16(20)11-5-6-15-14(7-11)17-10(2)22-15/h5-8H,4,9H2,1-3H3. The van der Waals surface area contributed by atoms with Gasteiger partial charge in [-0.1, -0.05) is 12.1 Å². The molecule has 3 rings (SSSR count). The molecule has 0 fully saturated rings. The number of benzene rings is 1. The highest BCUT2D eigenvalue weighted by molar-refractivity contribution is 7.18. The maximum Gasteiger partial charge on any atom is 0.254 e. The van der Waals surface area contributed by atoms with Gasteiger partial charge in [-0.05, 0) is 31.5 Å². The Kier molecular flexibility index (Phi) is 3.94. The maximum atomic E-state index is 12.5. The Morgan fingerprint density at radius 3 is 2.91 bits per heavy atom. The number of carbonyl (C=O) groups is 1. The van der Waals surface area contributed by atoms with Crippen molar-refractivity contribution < 1.29 is 9.32 Å². The minimum absolute atomic E-state index is 0.0537. The van der Waals surface area contributed by atoms with E-state index in [1.165, 1.54) is 0 Å². The summed E-state index contributed by atoms with van der Waals surface area (Å²) in [5, 5.41) is 4.94. The smallest absolute Gasteiger partial charge is 0.254 e. The molecule has 2 heterocycles. The van der Waals surface area contributed by atoms with Gasteiger partial charge in [0.25, 0.3) is 5.91 Å². The highest BCUT2D eigenvalue weighted by atomic mass is 32.1. The van der Waals surface area contributed by atoms with E-state index in [1.807, 2.05) is 38.1 Å². The third-order valence-corrected chi connectivity index (χ3v) is 4.40. The second kappa shape index (κ2) is 5.88. The van der Waals surface area contributed by atoms with E-state index >= 15 is 0 Å². The van der Waals surface area contributed by atoms with E-state index in [4.69, 9.17) is 4.52 Å². The third kappa shape index (κ3) is 2.87. The molecule has 1 amide bonds. The second-order valence-electron chi connectivity index (χ2n) is 5.21. The van der Waals surface area contributed by atoms with Gasteiger partial charge in [0.1, 0.15) is 0 Å². The minimum atomic E-state index is -0.0537. The lowest BCUT2D eigenvalue weighted by Gasteiger charge is -2.15. The summed E-state index contributed by atoms with van der Waals surface area (Å²) in [6, 6.07) is 7.52. The Morgan fingerprint density at radius 2 is 2.18 bits per heavy atom. The van der Waals surface area contributed by atoms with Gasteiger partial charge in [0.15, 0.2) is 5.76 Å². The lowest BCUT2D eigenvalue weighted by Crippen LogP contribution is -2.25. The van der Waals surface area contributed by atoms with E-state index in [0.29, 0.717) is 17.9 Å². The van der Waals surface area contributed by atoms with E-state index in [1.54, 1.807) is 23.3 Å². The lowest BCUT2D eigenvalue weighted by molar-refractivity contribution is 0.0772. The first kappa shape index (κ1) is 14.7. The third-order valence-electron chi connectivity index (χ3n) is 3.45. The van der Waals surface area contributed by atoms with Gasteiger partial charge in [-0.3, -0.25) is 4.79 Å². The van der Waals surface area contributed by atoms with Crippen molar-refractivity contribution in [3.63, 3.8) is 0 Å². The normalized spacial score (nSPS) is 11.0. The number of amides is 1. The zero-order valence-electron chi connectivity index (χ0n) is 12.8. The van der Waals surface area contributed by atoms with Crippen LogP contribution in [0.2, 0.25) is 0 Å². The Balaban J connectivity index is 1.78. The molecule has 0 N–H and O–H groups in total. The number of fused-ring (bicyclic) bond motifs is 1. The molecule has 6 heteroatoms. The van der Waals surface area contributed by atoms with E-state index in [9.17, 15) is 4.79 Å². The monoisotopic (exact) mass is 315 g/mol. The predicted molar refractivity (Wildman–Crippen MR) is 86.0 cm³/mol. The van der Waals surface area contributed by atoms with Gasteiger partial charge in [-0.15, -0.1) is 11.3 Å². The fourth-order valence-corrected chi connectivity index (χ4v) is 3.11. The summed E-state index contributed by atoms with van der Waals surface area (Å²) < 4.78 is 6.33. The molecule has 22 heavy (non-hydrogen) atoms. The number of nitrogens with zero attached hydrogens (tertiary/aromatic N) is 3. The molecule has 2 aromatic heterocycles. The van der Waals surface area contributed by atoms with Crippen LogP contribution in [0.5, 0.6) is 0 Å². The number of aryl methyl sites for hydroxylation is 2. The van der Waals surface area contributed by atoms with Gasteiger partial charge in [0.2, 0.25) is 0 Å². The summed E-state index contributed by atoms with van der Waals surface area (Å²) in [4.78, 5) is 18.6. The van der Waals surface area contributed by atoms with Crippen molar-refractivity contribution in [1.82, 2.24) is 15.0 Å². The van der Waals surface area contributed by atoms with E-state index in [2.05, 4.69) is 10.1 Å². The van der Waals surface area contributed by atoms with Crippen LogP contribution in [0.15, 0.2) is 28.8 Å². The number of rotatable bonds is 4. The minimum Gasteiger partial charge on any atom is -0.359 e. The molecule has 0 aliphatic heterocycles. The fourth-order valence-electron chi connectivity index (χ4n) is 2.30.